The molecule has 1 aliphatic rings. The van der Waals surface area contributed by atoms with Gasteiger partial charge in [-0.15, -0.1) is 0 Å². The molecule has 6 nitrogen and oxygen atoms in total. The van der Waals surface area contributed by atoms with Crippen molar-refractivity contribution >= 4 is 17.5 Å². The molecule has 0 spiro atoms. The number of aromatic nitrogens is 1. The van der Waals surface area contributed by atoms with Crippen LogP contribution in [0.25, 0.3) is 0 Å². The average molecular weight is 285 g/mol. The van der Waals surface area contributed by atoms with Gasteiger partial charge in [-0.1, -0.05) is 0 Å². The molecule has 0 saturated carbocycles. The zero-order valence-corrected chi connectivity index (χ0v) is 11.4. The van der Waals surface area contributed by atoms with Crippen LogP contribution in [0.2, 0.25) is 0 Å². The van der Waals surface area contributed by atoms with Crippen LogP contribution in [0.1, 0.15) is 12.2 Å². The van der Waals surface area contributed by atoms with Gasteiger partial charge in [-0.05, 0) is 24.3 Å². The topological polar surface area (TPSA) is 75.4 Å². The van der Waals surface area contributed by atoms with Crippen molar-refractivity contribution in [3.05, 3.63) is 48.7 Å². The molecule has 2 aromatic rings. The number of nitrogens with zero attached hydrogens (tertiary/aromatic N) is 2. The van der Waals surface area contributed by atoms with Crippen molar-refractivity contribution < 1.29 is 14.0 Å². The summed E-state index contributed by atoms with van der Waals surface area (Å²) in [5, 5.41) is 2.78. The molecule has 108 valence electrons. The fraction of sp³-hybridized carbons (Fsp3) is 0.267. The van der Waals surface area contributed by atoms with E-state index in [2.05, 4.69) is 10.3 Å². The summed E-state index contributed by atoms with van der Waals surface area (Å²) < 4.78 is 5.23. The summed E-state index contributed by atoms with van der Waals surface area (Å²) in [5.74, 6) is 0.195. The first-order chi connectivity index (χ1) is 10.2. The molecule has 1 N–H and O–H groups in total. The molecule has 2 aromatic heterocycles. The molecule has 1 aliphatic heterocycles. The summed E-state index contributed by atoms with van der Waals surface area (Å²) in [6.07, 6.45) is 5.02. The second-order valence-corrected chi connectivity index (χ2v) is 4.99. The molecule has 1 fully saturated rings. The van der Waals surface area contributed by atoms with Crippen molar-refractivity contribution in [2.24, 2.45) is 5.92 Å². The highest BCUT2D eigenvalue weighted by Crippen LogP contribution is 2.21. The predicted octanol–water partition coefficient (Wildman–Crippen LogP) is 1.66. The maximum atomic E-state index is 12.2. The Hall–Kier alpha value is -2.63. The van der Waals surface area contributed by atoms with E-state index in [9.17, 15) is 9.59 Å². The summed E-state index contributed by atoms with van der Waals surface area (Å²) in [4.78, 5) is 29.7. The lowest BCUT2D eigenvalue weighted by atomic mass is 10.1. The Bertz CT molecular complexity index is 625. The molecule has 6 heteroatoms. The van der Waals surface area contributed by atoms with Crippen molar-refractivity contribution in [1.29, 1.82) is 0 Å². The van der Waals surface area contributed by atoms with Gasteiger partial charge in [0.05, 0.1) is 30.6 Å². The standard InChI is InChI=1S/C15H15N3O3/c19-14-7-11(9-18(14)10-13-4-2-6-21-13)15(20)17-12-3-1-5-16-8-12/h1-6,8,11H,7,9-10H2,(H,17,20)/t11-/m1/s1. The summed E-state index contributed by atoms with van der Waals surface area (Å²) in [6.45, 7) is 0.814. The number of rotatable bonds is 4. The lowest BCUT2D eigenvalue weighted by molar-refractivity contribution is -0.128. The first kappa shape index (κ1) is 13.4. The average Bonchev–Trinajstić information content (AvgIpc) is 3.11. The largest absolute Gasteiger partial charge is 0.467 e. The van der Waals surface area contributed by atoms with Crippen LogP contribution in [0, 0.1) is 5.92 Å². The van der Waals surface area contributed by atoms with E-state index in [4.69, 9.17) is 4.42 Å². The van der Waals surface area contributed by atoms with E-state index < -0.39 is 0 Å². The third-order valence-corrected chi connectivity index (χ3v) is 3.44. The zero-order chi connectivity index (χ0) is 14.7. The zero-order valence-electron chi connectivity index (χ0n) is 11.4. The normalized spacial score (nSPS) is 18.0. The summed E-state index contributed by atoms with van der Waals surface area (Å²) >= 11 is 0. The third kappa shape index (κ3) is 3.10. The van der Waals surface area contributed by atoms with E-state index in [0.29, 0.717) is 18.8 Å². The minimum atomic E-state index is -0.340. The molecule has 0 unspecified atom stereocenters. The van der Waals surface area contributed by atoms with Gasteiger partial charge in [-0.2, -0.15) is 0 Å². The van der Waals surface area contributed by atoms with Crippen LogP contribution in [-0.2, 0) is 16.1 Å². The number of pyridine rings is 1. The fourth-order valence-corrected chi connectivity index (χ4v) is 2.37. The smallest absolute Gasteiger partial charge is 0.229 e. The van der Waals surface area contributed by atoms with E-state index in [1.165, 1.54) is 0 Å². The van der Waals surface area contributed by atoms with Crippen molar-refractivity contribution in [1.82, 2.24) is 9.88 Å². The molecule has 3 rings (SSSR count). The quantitative estimate of drug-likeness (QED) is 0.927. The monoisotopic (exact) mass is 285 g/mol. The Balaban J connectivity index is 1.60. The SMILES string of the molecule is O=C(Nc1cccnc1)[C@@H]1CC(=O)N(Cc2ccco2)C1. The second kappa shape index (κ2) is 5.78. The molecule has 3 heterocycles. The van der Waals surface area contributed by atoms with Gasteiger partial charge in [0.2, 0.25) is 11.8 Å². The van der Waals surface area contributed by atoms with Crippen LogP contribution in [0.3, 0.4) is 0 Å². The summed E-state index contributed by atoms with van der Waals surface area (Å²) in [5.41, 5.74) is 0.638. The molecule has 21 heavy (non-hydrogen) atoms. The van der Waals surface area contributed by atoms with Gasteiger partial charge in [-0.25, -0.2) is 0 Å². The van der Waals surface area contributed by atoms with E-state index in [-0.39, 0.29) is 24.2 Å². The number of hydrogen-bond donors (Lipinski definition) is 1. The number of carbonyl (C=O) groups is 2. The van der Waals surface area contributed by atoms with Crippen LogP contribution < -0.4 is 5.32 Å². The highest BCUT2D eigenvalue weighted by Gasteiger charge is 2.34. The van der Waals surface area contributed by atoms with Gasteiger partial charge in [0.25, 0.3) is 0 Å². The highest BCUT2D eigenvalue weighted by atomic mass is 16.3. The number of amides is 2. The summed E-state index contributed by atoms with van der Waals surface area (Å²) in [6, 6.07) is 7.11. The number of anilines is 1. The fourth-order valence-electron chi connectivity index (χ4n) is 2.37. The van der Waals surface area contributed by atoms with Gasteiger partial charge in [0.1, 0.15) is 5.76 Å². The van der Waals surface area contributed by atoms with Crippen molar-refractivity contribution in [3.8, 4) is 0 Å². The van der Waals surface area contributed by atoms with Gasteiger partial charge in [0, 0.05) is 19.2 Å². The first-order valence-corrected chi connectivity index (χ1v) is 6.73. The Labute approximate surface area is 121 Å². The minimum Gasteiger partial charge on any atom is -0.467 e. The van der Waals surface area contributed by atoms with Crippen molar-refractivity contribution in [2.45, 2.75) is 13.0 Å². The van der Waals surface area contributed by atoms with Crippen LogP contribution >= 0.6 is 0 Å². The maximum Gasteiger partial charge on any atom is 0.229 e. The highest BCUT2D eigenvalue weighted by molar-refractivity contribution is 5.97. The number of hydrogen-bond acceptors (Lipinski definition) is 4. The number of nitrogens with one attached hydrogen (secondary N) is 1. The molecule has 0 aromatic carbocycles. The Morgan fingerprint density at radius 3 is 3.05 bits per heavy atom. The number of carbonyl (C=O) groups excluding carboxylic acids is 2. The van der Waals surface area contributed by atoms with Crippen LogP contribution in [0.15, 0.2) is 47.3 Å². The van der Waals surface area contributed by atoms with Crippen LogP contribution in [0.4, 0.5) is 5.69 Å². The molecule has 2 amide bonds. The molecular formula is C15H15N3O3. The molecule has 1 atom stereocenters. The van der Waals surface area contributed by atoms with Crippen LogP contribution in [-0.4, -0.2) is 28.2 Å². The first-order valence-electron chi connectivity index (χ1n) is 6.73. The van der Waals surface area contributed by atoms with Gasteiger partial charge < -0.3 is 14.6 Å². The van der Waals surface area contributed by atoms with E-state index in [1.54, 1.807) is 41.8 Å². The van der Waals surface area contributed by atoms with Crippen LogP contribution in [0.5, 0.6) is 0 Å². The molecule has 0 radical (unpaired) electrons. The third-order valence-electron chi connectivity index (χ3n) is 3.44. The maximum absolute atomic E-state index is 12.2. The molecular weight excluding hydrogens is 270 g/mol. The van der Waals surface area contributed by atoms with E-state index >= 15 is 0 Å². The Morgan fingerprint density at radius 1 is 1.43 bits per heavy atom. The Morgan fingerprint density at radius 2 is 2.33 bits per heavy atom. The van der Waals surface area contributed by atoms with E-state index in [1.807, 2.05) is 6.07 Å². The second-order valence-electron chi connectivity index (χ2n) is 4.99. The van der Waals surface area contributed by atoms with E-state index in [0.717, 1.165) is 5.76 Å². The molecule has 0 bridgehead atoms. The summed E-state index contributed by atoms with van der Waals surface area (Å²) in [7, 11) is 0. The van der Waals surface area contributed by atoms with Gasteiger partial charge in [0.15, 0.2) is 0 Å². The Kier molecular flexibility index (Phi) is 3.68. The molecule has 1 saturated heterocycles. The number of furan rings is 1. The lowest BCUT2D eigenvalue weighted by Crippen LogP contribution is -2.27. The minimum absolute atomic E-state index is 0.0299. The predicted molar refractivity (Wildman–Crippen MR) is 75.1 cm³/mol. The lowest BCUT2D eigenvalue weighted by Gasteiger charge is -2.15. The van der Waals surface area contributed by atoms with Crippen molar-refractivity contribution in [3.63, 3.8) is 0 Å². The van der Waals surface area contributed by atoms with Gasteiger partial charge >= 0.3 is 0 Å². The van der Waals surface area contributed by atoms with Gasteiger partial charge in [-0.3, -0.25) is 14.6 Å². The number of likely N-dealkylation sites (tertiary alicyclic amines) is 1. The molecule has 0 aliphatic carbocycles. The van der Waals surface area contributed by atoms with Crippen molar-refractivity contribution in [2.75, 3.05) is 11.9 Å².